The summed E-state index contributed by atoms with van der Waals surface area (Å²) >= 11 is 0. The third kappa shape index (κ3) is 3.12. The van der Waals surface area contributed by atoms with Gasteiger partial charge in [-0.15, -0.1) is 0 Å². The fraction of sp³-hybridized carbons (Fsp3) is 0.750. The van der Waals surface area contributed by atoms with Gasteiger partial charge in [-0.05, 0) is 31.2 Å². The molecule has 0 unspecified atom stereocenters. The smallest absolute Gasteiger partial charge is 0.273 e. The summed E-state index contributed by atoms with van der Waals surface area (Å²) in [6, 6.07) is 1.97. The van der Waals surface area contributed by atoms with Crippen molar-refractivity contribution >= 4 is 5.91 Å². The second-order valence-electron chi connectivity index (χ2n) is 7.66. The predicted molar refractivity (Wildman–Crippen MR) is 80.2 cm³/mol. The Kier molecular flexibility index (Phi) is 3.56. The molecular weight excluding hydrogens is 266 g/mol. The number of likely N-dealkylation sites (N-methyl/N-ethyl adjacent to an activating group) is 1. The van der Waals surface area contributed by atoms with E-state index in [1.165, 1.54) is 0 Å². The van der Waals surface area contributed by atoms with Crippen molar-refractivity contribution in [2.75, 3.05) is 20.1 Å². The van der Waals surface area contributed by atoms with Crippen molar-refractivity contribution in [3.63, 3.8) is 0 Å². The lowest BCUT2D eigenvalue weighted by atomic mass is 9.78. The average molecular weight is 291 g/mol. The van der Waals surface area contributed by atoms with Gasteiger partial charge in [-0.3, -0.25) is 4.79 Å². The van der Waals surface area contributed by atoms with E-state index in [-0.39, 0.29) is 17.4 Å². The van der Waals surface area contributed by atoms with Crippen LogP contribution in [0.3, 0.4) is 0 Å². The predicted octanol–water partition coefficient (Wildman–Crippen LogP) is 2.26. The van der Waals surface area contributed by atoms with E-state index < -0.39 is 0 Å². The molecule has 1 aliphatic carbocycles. The molecule has 2 aliphatic rings. The Morgan fingerprint density at radius 2 is 2.10 bits per heavy atom. The SMILES string of the molecule is CN1C[C@@H](NC(=O)c2cc(C3CC3)on2)[C@@H](C(C)(C)C)C1. The number of aromatic nitrogens is 1. The van der Waals surface area contributed by atoms with Crippen LogP contribution in [0.15, 0.2) is 10.6 Å². The van der Waals surface area contributed by atoms with Gasteiger partial charge in [0.2, 0.25) is 0 Å². The molecule has 1 amide bonds. The zero-order chi connectivity index (χ0) is 15.2. The molecule has 5 heteroatoms. The van der Waals surface area contributed by atoms with Gasteiger partial charge in [-0.2, -0.15) is 0 Å². The number of nitrogens with zero attached hydrogens (tertiary/aromatic N) is 2. The lowest BCUT2D eigenvalue weighted by Gasteiger charge is -2.31. The van der Waals surface area contributed by atoms with Crippen LogP contribution in [0, 0.1) is 11.3 Å². The van der Waals surface area contributed by atoms with Crippen molar-refractivity contribution in [2.24, 2.45) is 11.3 Å². The Balaban J connectivity index is 1.67. The Bertz CT molecular complexity index is 528. The molecule has 2 heterocycles. The van der Waals surface area contributed by atoms with E-state index in [9.17, 15) is 4.79 Å². The van der Waals surface area contributed by atoms with Gasteiger partial charge in [0.15, 0.2) is 5.69 Å². The summed E-state index contributed by atoms with van der Waals surface area (Å²) in [6.45, 7) is 8.60. The zero-order valence-electron chi connectivity index (χ0n) is 13.3. The second kappa shape index (κ2) is 5.13. The molecule has 1 saturated carbocycles. The van der Waals surface area contributed by atoms with Crippen molar-refractivity contribution in [2.45, 2.75) is 45.6 Å². The van der Waals surface area contributed by atoms with Gasteiger partial charge in [-0.1, -0.05) is 25.9 Å². The summed E-state index contributed by atoms with van der Waals surface area (Å²) in [6.07, 6.45) is 2.30. The number of likely N-dealkylation sites (tertiary alicyclic amines) is 1. The molecule has 0 radical (unpaired) electrons. The van der Waals surface area contributed by atoms with Crippen molar-refractivity contribution in [3.8, 4) is 0 Å². The number of nitrogens with one attached hydrogen (secondary N) is 1. The van der Waals surface area contributed by atoms with Gasteiger partial charge in [0, 0.05) is 31.1 Å². The van der Waals surface area contributed by atoms with Crippen LogP contribution in [0.2, 0.25) is 0 Å². The van der Waals surface area contributed by atoms with Crippen LogP contribution in [0.1, 0.15) is 55.8 Å². The van der Waals surface area contributed by atoms with Gasteiger partial charge in [0.25, 0.3) is 5.91 Å². The summed E-state index contributed by atoms with van der Waals surface area (Å²) in [5.74, 6) is 1.68. The molecule has 1 aromatic heterocycles. The Hall–Kier alpha value is -1.36. The largest absolute Gasteiger partial charge is 0.360 e. The van der Waals surface area contributed by atoms with Crippen molar-refractivity contribution in [1.29, 1.82) is 0 Å². The topological polar surface area (TPSA) is 58.4 Å². The van der Waals surface area contributed by atoms with Gasteiger partial charge in [0.1, 0.15) is 5.76 Å². The maximum atomic E-state index is 12.4. The van der Waals surface area contributed by atoms with E-state index in [0.717, 1.165) is 31.7 Å². The van der Waals surface area contributed by atoms with Crippen LogP contribution < -0.4 is 5.32 Å². The molecule has 1 aromatic rings. The van der Waals surface area contributed by atoms with E-state index in [1.807, 2.05) is 0 Å². The second-order valence-corrected chi connectivity index (χ2v) is 7.66. The molecule has 3 rings (SSSR count). The molecule has 1 saturated heterocycles. The van der Waals surface area contributed by atoms with E-state index in [1.54, 1.807) is 6.07 Å². The number of amides is 1. The molecule has 5 nitrogen and oxygen atoms in total. The normalized spacial score (nSPS) is 27.0. The maximum absolute atomic E-state index is 12.4. The van der Waals surface area contributed by atoms with Crippen molar-refractivity contribution < 1.29 is 9.32 Å². The van der Waals surface area contributed by atoms with Crippen LogP contribution >= 0.6 is 0 Å². The highest BCUT2D eigenvalue weighted by atomic mass is 16.5. The summed E-state index contributed by atoms with van der Waals surface area (Å²) in [4.78, 5) is 14.7. The molecule has 1 N–H and O–H groups in total. The van der Waals surface area contributed by atoms with Gasteiger partial charge >= 0.3 is 0 Å². The first-order valence-corrected chi connectivity index (χ1v) is 7.80. The van der Waals surface area contributed by atoms with E-state index in [2.05, 4.69) is 43.2 Å². The molecular formula is C16H25N3O2. The first kappa shape index (κ1) is 14.6. The molecule has 2 atom stereocenters. The van der Waals surface area contributed by atoms with Gasteiger partial charge < -0.3 is 14.7 Å². The standard InChI is InChI=1S/C16H25N3O2/c1-16(2,3)11-8-19(4)9-13(11)17-15(20)12-7-14(21-18-12)10-5-6-10/h7,10-11,13H,5-6,8-9H2,1-4H3,(H,17,20)/t11-,13+/m0/s1. The highest BCUT2D eigenvalue weighted by molar-refractivity contribution is 5.92. The summed E-state index contributed by atoms with van der Waals surface area (Å²) in [5, 5.41) is 7.08. The minimum Gasteiger partial charge on any atom is -0.360 e. The minimum absolute atomic E-state index is 0.111. The number of carbonyl (C=O) groups excluding carboxylic acids is 1. The summed E-state index contributed by atoms with van der Waals surface area (Å²) in [5.41, 5.74) is 0.588. The summed E-state index contributed by atoms with van der Waals surface area (Å²) in [7, 11) is 2.10. The third-order valence-corrected chi connectivity index (χ3v) is 4.67. The molecule has 116 valence electrons. The van der Waals surface area contributed by atoms with E-state index in [4.69, 9.17) is 4.52 Å². The molecule has 0 spiro atoms. The van der Waals surface area contributed by atoms with Gasteiger partial charge in [-0.25, -0.2) is 0 Å². The maximum Gasteiger partial charge on any atom is 0.273 e. The van der Waals surface area contributed by atoms with Crippen molar-refractivity contribution in [3.05, 3.63) is 17.5 Å². The molecule has 21 heavy (non-hydrogen) atoms. The molecule has 2 fully saturated rings. The van der Waals surface area contributed by atoms with E-state index >= 15 is 0 Å². The molecule has 0 aromatic carbocycles. The van der Waals surface area contributed by atoms with Crippen LogP contribution in [0.25, 0.3) is 0 Å². The third-order valence-electron chi connectivity index (χ3n) is 4.67. The Labute approximate surface area is 126 Å². The first-order valence-electron chi connectivity index (χ1n) is 7.80. The quantitative estimate of drug-likeness (QED) is 0.928. The average Bonchev–Trinajstić information content (AvgIpc) is 2.98. The highest BCUT2D eigenvalue weighted by Gasteiger charge is 2.39. The molecule has 1 aliphatic heterocycles. The lowest BCUT2D eigenvalue weighted by Crippen LogP contribution is -2.44. The zero-order valence-corrected chi connectivity index (χ0v) is 13.3. The number of hydrogen-bond donors (Lipinski definition) is 1. The molecule has 0 bridgehead atoms. The first-order chi connectivity index (χ1) is 9.84. The highest BCUT2D eigenvalue weighted by Crippen LogP contribution is 2.40. The minimum atomic E-state index is -0.111. The fourth-order valence-corrected chi connectivity index (χ4v) is 3.22. The Morgan fingerprint density at radius 1 is 1.38 bits per heavy atom. The number of hydrogen-bond acceptors (Lipinski definition) is 4. The van der Waals surface area contributed by atoms with Crippen LogP contribution in [0.5, 0.6) is 0 Å². The number of carbonyl (C=O) groups is 1. The van der Waals surface area contributed by atoms with Crippen molar-refractivity contribution in [1.82, 2.24) is 15.4 Å². The fourth-order valence-electron chi connectivity index (χ4n) is 3.22. The monoisotopic (exact) mass is 291 g/mol. The summed E-state index contributed by atoms with van der Waals surface area (Å²) < 4.78 is 5.27. The number of rotatable bonds is 3. The van der Waals surface area contributed by atoms with E-state index in [0.29, 0.717) is 17.5 Å². The van der Waals surface area contributed by atoms with Crippen LogP contribution in [-0.2, 0) is 0 Å². The van der Waals surface area contributed by atoms with Gasteiger partial charge in [0.05, 0.1) is 0 Å². The lowest BCUT2D eigenvalue weighted by molar-refractivity contribution is 0.0903. The van der Waals surface area contributed by atoms with Crippen LogP contribution in [0.4, 0.5) is 0 Å². The van der Waals surface area contributed by atoms with Crippen LogP contribution in [-0.4, -0.2) is 42.1 Å². The Morgan fingerprint density at radius 3 is 2.71 bits per heavy atom.